The molecule has 0 aliphatic carbocycles. The van der Waals surface area contributed by atoms with Gasteiger partial charge in [-0.1, -0.05) is 20.8 Å². The van der Waals surface area contributed by atoms with Crippen LogP contribution in [0.25, 0.3) is 11.0 Å². The summed E-state index contributed by atoms with van der Waals surface area (Å²) in [7, 11) is 0. The minimum atomic E-state index is -0.963. The van der Waals surface area contributed by atoms with E-state index in [1.165, 1.54) is 0 Å². The summed E-state index contributed by atoms with van der Waals surface area (Å²) in [6.07, 6.45) is 1.79. The van der Waals surface area contributed by atoms with Gasteiger partial charge in [0.1, 0.15) is 5.69 Å². The molecule has 2 N–H and O–H groups in total. The molecule has 0 fully saturated rings. The Hall–Kier alpha value is -1.84. The van der Waals surface area contributed by atoms with Crippen molar-refractivity contribution in [2.75, 3.05) is 0 Å². The molecule has 0 saturated heterocycles. The molecule has 2 aromatic heterocycles. The number of aromatic amines is 1. The summed E-state index contributed by atoms with van der Waals surface area (Å²) in [6, 6.07) is 3.50. The number of carboxylic acid groups (broad SMARTS) is 1. The van der Waals surface area contributed by atoms with Gasteiger partial charge in [0.05, 0.1) is 11.0 Å². The predicted molar refractivity (Wildman–Crippen MR) is 61.8 cm³/mol. The van der Waals surface area contributed by atoms with Crippen LogP contribution in [-0.4, -0.2) is 21.0 Å². The van der Waals surface area contributed by atoms with E-state index in [1.807, 2.05) is 6.07 Å². The molecule has 2 heterocycles. The van der Waals surface area contributed by atoms with Crippen LogP contribution in [0.4, 0.5) is 0 Å². The van der Waals surface area contributed by atoms with Gasteiger partial charge in [-0.05, 0) is 23.1 Å². The number of rotatable bonds is 1. The quantitative estimate of drug-likeness (QED) is 0.773. The molecule has 0 unspecified atom stereocenters. The number of aromatic carboxylic acids is 1. The van der Waals surface area contributed by atoms with E-state index < -0.39 is 5.97 Å². The number of nitrogens with one attached hydrogen (secondary N) is 1. The number of aromatic nitrogens is 2. The maximum Gasteiger partial charge on any atom is 0.352 e. The SMILES string of the molecule is CC(C)(C)c1cnc2cc(C(=O)O)[nH]c2c1. The molecule has 0 amide bonds. The van der Waals surface area contributed by atoms with Crippen LogP contribution in [0.5, 0.6) is 0 Å². The molecule has 0 spiro atoms. The first kappa shape index (κ1) is 10.7. The molecule has 16 heavy (non-hydrogen) atoms. The van der Waals surface area contributed by atoms with Gasteiger partial charge >= 0.3 is 5.97 Å². The van der Waals surface area contributed by atoms with Crippen molar-refractivity contribution >= 4 is 17.0 Å². The summed E-state index contributed by atoms with van der Waals surface area (Å²) in [5, 5.41) is 8.86. The Bertz CT molecular complexity index is 550. The summed E-state index contributed by atoms with van der Waals surface area (Å²) in [5.74, 6) is -0.963. The maximum absolute atomic E-state index is 10.8. The molecular weight excluding hydrogens is 204 g/mol. The van der Waals surface area contributed by atoms with E-state index in [4.69, 9.17) is 5.11 Å². The normalized spacial score (nSPS) is 11.9. The minimum absolute atomic E-state index is 0.00961. The highest BCUT2D eigenvalue weighted by Crippen LogP contribution is 2.24. The van der Waals surface area contributed by atoms with Crippen molar-refractivity contribution in [2.45, 2.75) is 26.2 Å². The highest BCUT2D eigenvalue weighted by atomic mass is 16.4. The number of nitrogens with zero attached hydrogens (tertiary/aromatic N) is 1. The van der Waals surface area contributed by atoms with Gasteiger partial charge in [-0.2, -0.15) is 0 Å². The zero-order valence-electron chi connectivity index (χ0n) is 9.53. The molecule has 0 saturated carbocycles. The van der Waals surface area contributed by atoms with Crippen molar-refractivity contribution in [3.8, 4) is 0 Å². The van der Waals surface area contributed by atoms with Crippen molar-refractivity contribution in [3.05, 3.63) is 29.6 Å². The Morgan fingerprint density at radius 3 is 2.62 bits per heavy atom. The fourth-order valence-corrected chi connectivity index (χ4v) is 1.53. The van der Waals surface area contributed by atoms with Crippen LogP contribution in [0.2, 0.25) is 0 Å². The molecular formula is C12H14N2O2. The number of carboxylic acids is 1. The number of hydrogen-bond donors (Lipinski definition) is 2. The van der Waals surface area contributed by atoms with Crippen LogP contribution < -0.4 is 0 Å². The summed E-state index contributed by atoms with van der Waals surface area (Å²) in [5.41, 5.74) is 2.72. The molecule has 4 nitrogen and oxygen atoms in total. The molecule has 0 radical (unpaired) electrons. The fraction of sp³-hybridized carbons (Fsp3) is 0.333. The van der Waals surface area contributed by atoms with Crippen molar-refractivity contribution in [1.82, 2.24) is 9.97 Å². The lowest BCUT2D eigenvalue weighted by molar-refractivity contribution is 0.0691. The standard InChI is InChI=1S/C12H14N2O2/c1-12(2,3)7-4-9-8(13-6-7)5-10(14-9)11(15)16/h4-6,14H,1-3H3,(H,15,16). The molecule has 2 aromatic rings. The van der Waals surface area contributed by atoms with Gasteiger partial charge in [-0.3, -0.25) is 4.98 Å². The second kappa shape index (κ2) is 3.33. The zero-order chi connectivity index (χ0) is 11.9. The van der Waals surface area contributed by atoms with Crippen LogP contribution in [0.1, 0.15) is 36.8 Å². The van der Waals surface area contributed by atoms with E-state index >= 15 is 0 Å². The third kappa shape index (κ3) is 1.78. The van der Waals surface area contributed by atoms with E-state index in [9.17, 15) is 4.79 Å². The lowest BCUT2D eigenvalue weighted by atomic mass is 9.88. The summed E-state index contributed by atoms with van der Waals surface area (Å²) in [6.45, 7) is 6.28. The molecule has 4 heteroatoms. The predicted octanol–water partition coefficient (Wildman–Crippen LogP) is 2.56. The van der Waals surface area contributed by atoms with Crippen molar-refractivity contribution < 1.29 is 9.90 Å². The molecule has 0 atom stereocenters. The fourth-order valence-electron chi connectivity index (χ4n) is 1.53. The average molecular weight is 218 g/mol. The molecule has 0 aromatic carbocycles. The van der Waals surface area contributed by atoms with E-state index in [2.05, 4.69) is 30.7 Å². The van der Waals surface area contributed by atoms with Crippen molar-refractivity contribution in [3.63, 3.8) is 0 Å². The van der Waals surface area contributed by atoms with E-state index in [1.54, 1.807) is 12.3 Å². The third-order valence-corrected chi connectivity index (χ3v) is 2.57. The Balaban J connectivity index is 2.58. The van der Waals surface area contributed by atoms with E-state index in [0.29, 0.717) is 5.52 Å². The van der Waals surface area contributed by atoms with Gasteiger partial charge < -0.3 is 10.1 Å². The second-order valence-electron chi connectivity index (χ2n) is 4.89. The smallest absolute Gasteiger partial charge is 0.352 e. The number of carbonyl (C=O) groups is 1. The lowest BCUT2D eigenvalue weighted by Crippen LogP contribution is -2.11. The number of pyridine rings is 1. The summed E-state index contributed by atoms with van der Waals surface area (Å²) < 4.78 is 0. The van der Waals surface area contributed by atoms with E-state index in [-0.39, 0.29) is 11.1 Å². The molecule has 2 rings (SSSR count). The summed E-state index contributed by atoms with van der Waals surface area (Å²) in [4.78, 5) is 17.9. The Kier molecular flexibility index (Phi) is 2.22. The number of fused-ring (bicyclic) bond motifs is 1. The van der Waals surface area contributed by atoms with Crippen molar-refractivity contribution in [1.29, 1.82) is 0 Å². The maximum atomic E-state index is 10.8. The summed E-state index contributed by atoms with van der Waals surface area (Å²) >= 11 is 0. The van der Waals surface area contributed by atoms with Gasteiger partial charge in [-0.15, -0.1) is 0 Å². The Morgan fingerprint density at radius 2 is 2.06 bits per heavy atom. The number of hydrogen-bond acceptors (Lipinski definition) is 2. The van der Waals surface area contributed by atoms with Crippen LogP contribution in [-0.2, 0) is 5.41 Å². The first-order valence-electron chi connectivity index (χ1n) is 5.10. The van der Waals surface area contributed by atoms with Crippen LogP contribution in [0.3, 0.4) is 0 Å². The van der Waals surface area contributed by atoms with Gasteiger partial charge in [0.2, 0.25) is 0 Å². The molecule has 0 aliphatic rings. The van der Waals surface area contributed by atoms with Gasteiger partial charge in [0.15, 0.2) is 0 Å². The van der Waals surface area contributed by atoms with E-state index in [0.717, 1.165) is 11.1 Å². The largest absolute Gasteiger partial charge is 0.477 e. The Labute approximate surface area is 93.3 Å². The molecule has 84 valence electrons. The first-order chi connectivity index (χ1) is 7.38. The van der Waals surface area contributed by atoms with Gasteiger partial charge in [0, 0.05) is 6.20 Å². The molecule has 0 bridgehead atoms. The number of H-pyrrole nitrogens is 1. The minimum Gasteiger partial charge on any atom is -0.477 e. The van der Waals surface area contributed by atoms with Crippen LogP contribution in [0, 0.1) is 0 Å². The first-order valence-corrected chi connectivity index (χ1v) is 5.10. The Morgan fingerprint density at radius 1 is 1.38 bits per heavy atom. The monoisotopic (exact) mass is 218 g/mol. The third-order valence-electron chi connectivity index (χ3n) is 2.57. The average Bonchev–Trinajstić information content (AvgIpc) is 2.58. The van der Waals surface area contributed by atoms with Gasteiger partial charge in [0.25, 0.3) is 0 Å². The topological polar surface area (TPSA) is 66.0 Å². The highest BCUT2D eigenvalue weighted by Gasteiger charge is 2.16. The highest BCUT2D eigenvalue weighted by molar-refractivity contribution is 5.92. The van der Waals surface area contributed by atoms with Crippen LogP contribution >= 0.6 is 0 Å². The van der Waals surface area contributed by atoms with Crippen LogP contribution in [0.15, 0.2) is 18.3 Å². The van der Waals surface area contributed by atoms with Crippen molar-refractivity contribution in [2.24, 2.45) is 0 Å². The lowest BCUT2D eigenvalue weighted by Gasteiger charge is -2.17. The van der Waals surface area contributed by atoms with Gasteiger partial charge in [-0.25, -0.2) is 4.79 Å². The second-order valence-corrected chi connectivity index (χ2v) is 4.89. The zero-order valence-corrected chi connectivity index (χ0v) is 9.53. The molecule has 0 aliphatic heterocycles.